The molecule has 0 aliphatic carbocycles. The van der Waals surface area contributed by atoms with E-state index in [1.165, 1.54) is 0 Å². The molecular formula is C21H28IN7O. The number of anilines is 1. The number of aromatic nitrogens is 3. The average molecular weight is 521 g/mol. The number of amides is 1. The fourth-order valence-electron chi connectivity index (χ4n) is 2.82. The third kappa shape index (κ3) is 7.90. The van der Waals surface area contributed by atoms with Crippen LogP contribution in [0.4, 0.5) is 5.69 Å². The van der Waals surface area contributed by atoms with Gasteiger partial charge in [0.05, 0.1) is 6.54 Å². The Morgan fingerprint density at radius 1 is 1.10 bits per heavy atom. The van der Waals surface area contributed by atoms with Gasteiger partial charge in [0.15, 0.2) is 5.96 Å². The molecule has 2 heterocycles. The minimum absolute atomic E-state index is 0. The third-order valence-corrected chi connectivity index (χ3v) is 4.17. The van der Waals surface area contributed by atoms with Gasteiger partial charge in [-0.15, -0.1) is 24.0 Å². The number of nitrogens with one attached hydrogen (secondary N) is 3. The quantitative estimate of drug-likeness (QED) is 0.230. The van der Waals surface area contributed by atoms with Gasteiger partial charge in [-0.25, -0.2) is 4.99 Å². The minimum atomic E-state index is -0.116. The number of guanidine groups is 1. The van der Waals surface area contributed by atoms with Crippen LogP contribution in [0.15, 0.2) is 72.2 Å². The molecule has 0 unspecified atom stereocenters. The molecule has 9 heteroatoms. The van der Waals surface area contributed by atoms with Crippen LogP contribution in [0.1, 0.15) is 12.5 Å². The highest BCUT2D eigenvalue weighted by Gasteiger charge is 2.05. The molecule has 0 bridgehead atoms. The highest BCUT2D eigenvalue weighted by Crippen LogP contribution is 2.11. The Kier molecular flexibility index (Phi) is 9.92. The number of halogens is 1. The lowest BCUT2D eigenvalue weighted by molar-refractivity contribution is -0.116. The zero-order chi connectivity index (χ0) is 20.3. The summed E-state index contributed by atoms with van der Waals surface area (Å²) in [5, 5.41) is 13.5. The molecule has 0 saturated heterocycles. The van der Waals surface area contributed by atoms with E-state index in [4.69, 9.17) is 0 Å². The number of hydrogen-bond acceptors (Lipinski definition) is 3. The number of carbonyl (C=O) groups excluding carboxylic acids is 1. The van der Waals surface area contributed by atoms with Gasteiger partial charge in [0.1, 0.15) is 6.54 Å². The number of hydrogen-bond donors (Lipinski definition) is 3. The van der Waals surface area contributed by atoms with Gasteiger partial charge in [-0.2, -0.15) is 5.10 Å². The first-order chi connectivity index (χ1) is 14.2. The second-order valence-electron chi connectivity index (χ2n) is 6.50. The fraction of sp³-hybridized carbons (Fsp3) is 0.286. The SMILES string of the molecule is CCNC(=NCc1cccc(NC(=O)Cn2cccn2)c1)NCCn1cccc1.I. The first-order valence-electron chi connectivity index (χ1n) is 9.72. The summed E-state index contributed by atoms with van der Waals surface area (Å²) in [6, 6.07) is 13.5. The van der Waals surface area contributed by atoms with Crippen molar-refractivity contribution < 1.29 is 4.79 Å². The Hall–Kier alpha value is -2.82. The van der Waals surface area contributed by atoms with Gasteiger partial charge in [0, 0.05) is 50.1 Å². The molecule has 0 aliphatic rings. The van der Waals surface area contributed by atoms with Gasteiger partial charge in [-0.05, 0) is 42.8 Å². The van der Waals surface area contributed by atoms with E-state index in [0.29, 0.717) is 6.54 Å². The zero-order valence-electron chi connectivity index (χ0n) is 17.0. The number of carbonyl (C=O) groups is 1. The van der Waals surface area contributed by atoms with Crippen molar-refractivity contribution in [3.05, 3.63) is 72.8 Å². The van der Waals surface area contributed by atoms with E-state index in [-0.39, 0.29) is 36.4 Å². The summed E-state index contributed by atoms with van der Waals surface area (Å²) in [5.74, 6) is 0.655. The van der Waals surface area contributed by atoms with Crippen LogP contribution < -0.4 is 16.0 Å². The van der Waals surface area contributed by atoms with Crippen LogP contribution in [0, 0.1) is 0 Å². The van der Waals surface area contributed by atoms with Crippen LogP contribution in [-0.4, -0.2) is 39.3 Å². The second-order valence-corrected chi connectivity index (χ2v) is 6.50. The number of nitrogens with zero attached hydrogens (tertiary/aromatic N) is 4. The van der Waals surface area contributed by atoms with Crippen molar-refractivity contribution in [2.24, 2.45) is 4.99 Å². The van der Waals surface area contributed by atoms with E-state index in [9.17, 15) is 4.79 Å². The van der Waals surface area contributed by atoms with Gasteiger partial charge < -0.3 is 20.5 Å². The summed E-state index contributed by atoms with van der Waals surface area (Å²) >= 11 is 0. The monoisotopic (exact) mass is 521 g/mol. The highest BCUT2D eigenvalue weighted by atomic mass is 127. The molecule has 0 aliphatic heterocycles. The molecular weight excluding hydrogens is 493 g/mol. The Morgan fingerprint density at radius 3 is 2.67 bits per heavy atom. The van der Waals surface area contributed by atoms with Crippen molar-refractivity contribution in [2.75, 3.05) is 18.4 Å². The van der Waals surface area contributed by atoms with E-state index < -0.39 is 0 Å². The van der Waals surface area contributed by atoms with Crippen LogP contribution in [0.25, 0.3) is 0 Å². The topological polar surface area (TPSA) is 88.3 Å². The van der Waals surface area contributed by atoms with Crippen LogP contribution in [0.5, 0.6) is 0 Å². The summed E-state index contributed by atoms with van der Waals surface area (Å²) in [6.45, 7) is 5.18. The van der Waals surface area contributed by atoms with E-state index in [1.54, 1.807) is 23.1 Å². The number of benzene rings is 1. The van der Waals surface area contributed by atoms with Crippen molar-refractivity contribution in [2.45, 2.75) is 26.6 Å². The molecule has 1 aromatic carbocycles. The third-order valence-electron chi connectivity index (χ3n) is 4.17. The Balaban J connectivity index is 0.00000320. The summed E-state index contributed by atoms with van der Waals surface area (Å²) in [6.07, 6.45) is 7.49. The van der Waals surface area contributed by atoms with Gasteiger partial charge in [0.2, 0.25) is 5.91 Å². The van der Waals surface area contributed by atoms with E-state index in [0.717, 1.165) is 36.8 Å². The predicted molar refractivity (Wildman–Crippen MR) is 130 cm³/mol. The summed E-state index contributed by atoms with van der Waals surface area (Å²) < 4.78 is 3.71. The highest BCUT2D eigenvalue weighted by molar-refractivity contribution is 14.0. The molecule has 0 radical (unpaired) electrons. The van der Waals surface area contributed by atoms with Crippen LogP contribution >= 0.6 is 24.0 Å². The van der Waals surface area contributed by atoms with Crippen molar-refractivity contribution in [1.29, 1.82) is 0 Å². The fourth-order valence-corrected chi connectivity index (χ4v) is 2.82. The second kappa shape index (κ2) is 12.7. The predicted octanol–water partition coefficient (Wildman–Crippen LogP) is 2.70. The van der Waals surface area contributed by atoms with Gasteiger partial charge in [-0.3, -0.25) is 9.48 Å². The van der Waals surface area contributed by atoms with E-state index in [2.05, 4.69) is 30.6 Å². The standard InChI is InChI=1S/C21H27N7O.HI/c1-2-22-21(23-10-14-27-11-3-4-12-27)24-16-18-7-5-8-19(15-18)26-20(29)17-28-13-6-9-25-28;/h3-9,11-13,15H,2,10,14,16-17H2,1H3,(H,26,29)(H2,22,23,24);1H. The largest absolute Gasteiger partial charge is 0.357 e. The molecule has 3 N–H and O–H groups in total. The number of rotatable bonds is 9. The molecule has 2 aromatic heterocycles. The van der Waals surface area contributed by atoms with Crippen molar-refractivity contribution in [3.63, 3.8) is 0 Å². The van der Waals surface area contributed by atoms with Crippen LogP contribution in [0.2, 0.25) is 0 Å². The molecule has 3 rings (SSSR count). The normalized spacial score (nSPS) is 10.9. The Labute approximate surface area is 193 Å². The molecule has 30 heavy (non-hydrogen) atoms. The maximum absolute atomic E-state index is 12.1. The van der Waals surface area contributed by atoms with Gasteiger partial charge in [-0.1, -0.05) is 12.1 Å². The lowest BCUT2D eigenvalue weighted by atomic mass is 10.2. The maximum atomic E-state index is 12.1. The van der Waals surface area contributed by atoms with Crippen molar-refractivity contribution in [1.82, 2.24) is 25.0 Å². The summed E-state index contributed by atoms with van der Waals surface area (Å²) in [7, 11) is 0. The minimum Gasteiger partial charge on any atom is -0.357 e. The van der Waals surface area contributed by atoms with Crippen molar-refractivity contribution >= 4 is 41.5 Å². The first-order valence-corrected chi connectivity index (χ1v) is 9.72. The van der Waals surface area contributed by atoms with Gasteiger partial charge >= 0.3 is 0 Å². The molecule has 0 saturated carbocycles. The molecule has 3 aromatic rings. The Bertz CT molecular complexity index is 907. The number of aliphatic imine (C=N–C) groups is 1. The van der Waals surface area contributed by atoms with E-state index >= 15 is 0 Å². The van der Waals surface area contributed by atoms with Crippen LogP contribution in [0.3, 0.4) is 0 Å². The first kappa shape index (κ1) is 23.5. The molecule has 0 atom stereocenters. The maximum Gasteiger partial charge on any atom is 0.246 e. The summed E-state index contributed by atoms with van der Waals surface area (Å²) in [4.78, 5) is 16.8. The lowest BCUT2D eigenvalue weighted by Crippen LogP contribution is -2.38. The molecule has 1 amide bonds. The average Bonchev–Trinajstić information content (AvgIpc) is 3.40. The summed E-state index contributed by atoms with van der Waals surface area (Å²) in [5.41, 5.74) is 1.77. The molecule has 160 valence electrons. The molecule has 0 fully saturated rings. The zero-order valence-corrected chi connectivity index (χ0v) is 19.3. The Morgan fingerprint density at radius 2 is 1.93 bits per heavy atom. The lowest BCUT2D eigenvalue weighted by Gasteiger charge is -2.12. The van der Waals surface area contributed by atoms with Crippen LogP contribution in [-0.2, 0) is 24.4 Å². The van der Waals surface area contributed by atoms with Crippen molar-refractivity contribution in [3.8, 4) is 0 Å². The van der Waals surface area contributed by atoms with E-state index in [1.807, 2.05) is 55.7 Å². The van der Waals surface area contributed by atoms with Gasteiger partial charge in [0.25, 0.3) is 0 Å². The molecule has 0 spiro atoms. The molecule has 8 nitrogen and oxygen atoms in total. The smallest absolute Gasteiger partial charge is 0.246 e.